The molecule has 0 fully saturated rings. The molecule has 0 N–H and O–H groups in total. The first kappa shape index (κ1) is 24.6. The van der Waals surface area contributed by atoms with Gasteiger partial charge in [-0.25, -0.2) is 0 Å². The van der Waals surface area contributed by atoms with Gasteiger partial charge in [-0.05, 0) is 60.0 Å². The summed E-state index contributed by atoms with van der Waals surface area (Å²) in [5, 5.41) is 2.78. The minimum Gasteiger partial charge on any atom is -0.491 e. The van der Waals surface area contributed by atoms with E-state index < -0.39 is 0 Å². The van der Waals surface area contributed by atoms with E-state index in [4.69, 9.17) is 16.3 Å². The molecule has 1 aliphatic rings. The number of hydrogen-bond acceptors (Lipinski definition) is 4. The summed E-state index contributed by atoms with van der Waals surface area (Å²) < 4.78 is 6.12. The quantitative estimate of drug-likeness (QED) is 0.480. The largest absolute Gasteiger partial charge is 0.491 e. The van der Waals surface area contributed by atoms with E-state index in [9.17, 15) is 9.59 Å². The first-order chi connectivity index (χ1) is 15.3. The van der Waals surface area contributed by atoms with Crippen molar-refractivity contribution in [1.82, 2.24) is 9.80 Å². The van der Waals surface area contributed by atoms with Crippen LogP contribution in [-0.2, 0) is 16.0 Å². The highest BCUT2D eigenvalue weighted by molar-refractivity contribution is 7.10. The lowest BCUT2D eigenvalue weighted by Crippen LogP contribution is -2.48. The van der Waals surface area contributed by atoms with Crippen molar-refractivity contribution in [2.75, 3.05) is 26.2 Å². The fourth-order valence-electron chi connectivity index (χ4n) is 3.99. The van der Waals surface area contributed by atoms with Crippen LogP contribution in [0.15, 0.2) is 29.6 Å². The molecular formula is C25H33ClN2O3S. The predicted octanol–water partition coefficient (Wildman–Crippen LogP) is 5.50. The molecule has 174 valence electrons. The van der Waals surface area contributed by atoms with Crippen LogP contribution in [0.3, 0.4) is 0 Å². The Hall–Kier alpha value is -2.05. The number of fused-ring (bicyclic) bond motifs is 1. The fourth-order valence-corrected chi connectivity index (χ4v) is 5.04. The number of rotatable bonds is 9. The third kappa shape index (κ3) is 5.84. The Balaban J connectivity index is 1.77. The lowest BCUT2D eigenvalue weighted by molar-refractivity contribution is -0.143. The number of benzene rings is 1. The van der Waals surface area contributed by atoms with Crippen LogP contribution in [-0.4, -0.2) is 47.9 Å². The Bertz CT molecular complexity index is 945. The maximum absolute atomic E-state index is 13.4. The second kappa shape index (κ2) is 11.2. The van der Waals surface area contributed by atoms with Crippen LogP contribution in [0.5, 0.6) is 5.75 Å². The summed E-state index contributed by atoms with van der Waals surface area (Å²) in [7, 11) is 0. The van der Waals surface area contributed by atoms with Crippen LogP contribution in [0.25, 0.3) is 0 Å². The van der Waals surface area contributed by atoms with E-state index in [-0.39, 0.29) is 24.4 Å². The Morgan fingerprint density at radius 1 is 1.31 bits per heavy atom. The summed E-state index contributed by atoms with van der Waals surface area (Å²) >= 11 is 7.87. The van der Waals surface area contributed by atoms with Crippen molar-refractivity contribution in [3.8, 4) is 5.75 Å². The van der Waals surface area contributed by atoms with E-state index in [0.29, 0.717) is 37.1 Å². The maximum atomic E-state index is 13.4. The van der Waals surface area contributed by atoms with Crippen LogP contribution in [0, 0.1) is 12.8 Å². The molecule has 2 aromatic rings. The Morgan fingerprint density at radius 2 is 2.09 bits per heavy atom. The molecule has 1 aliphatic heterocycles. The molecule has 3 rings (SSSR count). The molecule has 0 saturated carbocycles. The molecular weight excluding hydrogens is 444 g/mol. The summed E-state index contributed by atoms with van der Waals surface area (Å²) in [5.74, 6) is 1.10. The van der Waals surface area contributed by atoms with Crippen molar-refractivity contribution in [3.63, 3.8) is 0 Å². The molecule has 32 heavy (non-hydrogen) atoms. The number of hydrogen-bond donors (Lipinski definition) is 0. The van der Waals surface area contributed by atoms with Crippen molar-refractivity contribution in [2.24, 2.45) is 5.92 Å². The van der Waals surface area contributed by atoms with Crippen LogP contribution < -0.4 is 4.74 Å². The average Bonchev–Trinajstić information content (AvgIpc) is 3.27. The van der Waals surface area contributed by atoms with E-state index in [0.717, 1.165) is 29.7 Å². The zero-order chi connectivity index (χ0) is 23.3. The number of amides is 2. The minimum atomic E-state index is -0.171. The molecule has 2 amide bonds. The normalized spacial score (nSPS) is 16.4. The monoisotopic (exact) mass is 476 g/mol. The van der Waals surface area contributed by atoms with E-state index in [1.54, 1.807) is 16.2 Å². The molecule has 0 radical (unpaired) electrons. The summed E-state index contributed by atoms with van der Waals surface area (Å²) in [6, 6.07) is 7.52. The zero-order valence-electron chi connectivity index (χ0n) is 19.4. The number of thiophene rings is 1. The summed E-state index contributed by atoms with van der Waals surface area (Å²) in [6.07, 6.45) is 2.21. The Kier molecular flexibility index (Phi) is 8.60. The number of halogens is 1. The second-order valence-corrected chi connectivity index (χ2v) is 9.92. The molecule has 0 saturated heterocycles. The van der Waals surface area contributed by atoms with Gasteiger partial charge in [0.1, 0.15) is 12.4 Å². The molecule has 7 heteroatoms. The van der Waals surface area contributed by atoms with Gasteiger partial charge in [-0.2, -0.15) is 0 Å². The van der Waals surface area contributed by atoms with Crippen molar-refractivity contribution in [2.45, 2.75) is 53.0 Å². The van der Waals surface area contributed by atoms with Crippen LogP contribution in [0.4, 0.5) is 0 Å². The lowest BCUT2D eigenvalue weighted by atomic mass is 10.00. The highest BCUT2D eigenvalue weighted by Gasteiger charge is 2.33. The smallest absolute Gasteiger partial charge is 0.242 e. The molecule has 1 aromatic heterocycles. The molecule has 0 spiro atoms. The van der Waals surface area contributed by atoms with E-state index >= 15 is 0 Å². The first-order valence-electron chi connectivity index (χ1n) is 11.4. The molecule has 2 atom stereocenters. The third-order valence-electron chi connectivity index (χ3n) is 6.16. The van der Waals surface area contributed by atoms with Crippen LogP contribution in [0.1, 0.15) is 55.7 Å². The molecule has 5 nitrogen and oxygen atoms in total. The van der Waals surface area contributed by atoms with Crippen LogP contribution >= 0.6 is 22.9 Å². The number of carbonyl (C=O) groups excluding carboxylic acids is 2. The van der Waals surface area contributed by atoms with Crippen molar-refractivity contribution >= 4 is 34.8 Å². The second-order valence-electron chi connectivity index (χ2n) is 8.52. The molecule has 0 aliphatic carbocycles. The van der Waals surface area contributed by atoms with Gasteiger partial charge in [0.2, 0.25) is 11.8 Å². The van der Waals surface area contributed by atoms with E-state index in [2.05, 4.69) is 25.3 Å². The Labute approximate surface area is 200 Å². The third-order valence-corrected chi connectivity index (χ3v) is 7.58. The highest BCUT2D eigenvalue weighted by Crippen LogP contribution is 2.34. The molecule has 1 aromatic carbocycles. The Morgan fingerprint density at radius 3 is 2.78 bits per heavy atom. The summed E-state index contributed by atoms with van der Waals surface area (Å²) in [4.78, 5) is 30.8. The molecule has 0 bridgehead atoms. The number of ether oxygens (including phenoxy) is 1. The zero-order valence-corrected chi connectivity index (χ0v) is 21.0. The SMILES string of the molecule is CCC(=O)N(CC(=O)N1CCc2sccc2[C@@H]1COc1ccc(Cl)c(C)c1)C[C@@H](C)CC. The molecule has 2 heterocycles. The van der Waals surface area contributed by atoms with Crippen molar-refractivity contribution in [1.29, 1.82) is 0 Å². The van der Waals surface area contributed by atoms with Gasteiger partial charge >= 0.3 is 0 Å². The average molecular weight is 477 g/mol. The van der Waals surface area contributed by atoms with E-state index in [1.165, 1.54) is 4.88 Å². The standard InChI is InChI=1S/C25H33ClN2O3S/c1-5-17(3)14-27(24(29)6-2)15-25(30)28-11-9-23-20(10-12-32-23)22(28)16-31-19-7-8-21(26)18(4)13-19/h7-8,10,12-13,17,22H,5-6,9,11,14-16H2,1-4H3/t17-,22-/m0/s1. The van der Waals surface area contributed by atoms with Crippen LogP contribution in [0.2, 0.25) is 5.02 Å². The summed E-state index contributed by atoms with van der Waals surface area (Å²) in [6.45, 7) is 9.74. The van der Waals surface area contributed by atoms with Gasteiger partial charge < -0.3 is 14.5 Å². The van der Waals surface area contributed by atoms with Gasteiger partial charge in [-0.1, -0.05) is 38.8 Å². The molecule has 0 unspecified atom stereocenters. The fraction of sp³-hybridized carbons (Fsp3) is 0.520. The maximum Gasteiger partial charge on any atom is 0.242 e. The van der Waals surface area contributed by atoms with Gasteiger partial charge in [0.05, 0.1) is 12.6 Å². The predicted molar refractivity (Wildman–Crippen MR) is 130 cm³/mol. The highest BCUT2D eigenvalue weighted by atomic mass is 35.5. The summed E-state index contributed by atoms with van der Waals surface area (Å²) in [5.41, 5.74) is 2.10. The minimum absolute atomic E-state index is 0.0205. The van der Waals surface area contributed by atoms with Gasteiger partial charge in [0.25, 0.3) is 0 Å². The number of aryl methyl sites for hydroxylation is 1. The van der Waals surface area contributed by atoms with Gasteiger partial charge in [-0.3, -0.25) is 9.59 Å². The van der Waals surface area contributed by atoms with Gasteiger partial charge in [0.15, 0.2) is 0 Å². The topological polar surface area (TPSA) is 49.9 Å². The van der Waals surface area contributed by atoms with Gasteiger partial charge in [-0.15, -0.1) is 11.3 Å². The lowest BCUT2D eigenvalue weighted by Gasteiger charge is -2.37. The van der Waals surface area contributed by atoms with Crippen molar-refractivity contribution < 1.29 is 14.3 Å². The number of nitrogens with zero attached hydrogens (tertiary/aromatic N) is 2. The van der Waals surface area contributed by atoms with Crippen molar-refractivity contribution in [3.05, 3.63) is 50.7 Å². The van der Waals surface area contributed by atoms with Gasteiger partial charge in [0, 0.05) is 29.4 Å². The first-order valence-corrected chi connectivity index (χ1v) is 12.6. The number of carbonyl (C=O) groups is 2. The van der Waals surface area contributed by atoms with E-state index in [1.807, 2.05) is 36.9 Å².